The number of para-hydroxylation sites is 1. The Morgan fingerprint density at radius 2 is 1.86 bits per heavy atom. The van der Waals surface area contributed by atoms with Crippen molar-refractivity contribution in [2.45, 2.75) is 32.9 Å². The van der Waals surface area contributed by atoms with E-state index < -0.39 is 0 Å². The molecule has 0 bridgehead atoms. The standard InChI is InChI=1S/C24H24N2O2/c1-18-8-10-19(11-9-18)16-26-17-20(22-6-2-3-7-23(22)26)12-13-24(27)25-15-21-5-4-14-28-21/h2-11,14,17H,12-13,15-16H2,1H3,(H,25,27). The van der Waals surface area contributed by atoms with Crippen LogP contribution in [-0.4, -0.2) is 10.5 Å². The van der Waals surface area contributed by atoms with Crippen LogP contribution in [0.2, 0.25) is 0 Å². The van der Waals surface area contributed by atoms with Gasteiger partial charge >= 0.3 is 0 Å². The Balaban J connectivity index is 1.46. The third-order valence-corrected chi connectivity index (χ3v) is 5.01. The van der Waals surface area contributed by atoms with Crippen molar-refractivity contribution in [3.63, 3.8) is 0 Å². The van der Waals surface area contributed by atoms with Crippen molar-refractivity contribution in [1.82, 2.24) is 9.88 Å². The van der Waals surface area contributed by atoms with Gasteiger partial charge in [-0.15, -0.1) is 0 Å². The maximum atomic E-state index is 12.2. The topological polar surface area (TPSA) is 47.2 Å². The van der Waals surface area contributed by atoms with E-state index >= 15 is 0 Å². The Hall–Kier alpha value is -3.27. The third kappa shape index (κ3) is 4.17. The number of carbonyl (C=O) groups excluding carboxylic acids is 1. The second-order valence-corrected chi connectivity index (χ2v) is 7.14. The maximum Gasteiger partial charge on any atom is 0.220 e. The van der Waals surface area contributed by atoms with Crippen LogP contribution in [0.1, 0.15) is 28.9 Å². The molecule has 1 N–H and O–H groups in total. The molecule has 4 heteroatoms. The summed E-state index contributed by atoms with van der Waals surface area (Å²) in [6, 6.07) is 20.7. The normalized spacial score (nSPS) is 11.0. The number of aryl methyl sites for hydroxylation is 2. The van der Waals surface area contributed by atoms with Crippen LogP contribution in [0.4, 0.5) is 0 Å². The van der Waals surface area contributed by atoms with E-state index in [2.05, 4.69) is 71.5 Å². The lowest BCUT2D eigenvalue weighted by atomic mass is 10.1. The summed E-state index contributed by atoms with van der Waals surface area (Å²) in [5.74, 6) is 0.801. The molecule has 0 saturated carbocycles. The van der Waals surface area contributed by atoms with Gasteiger partial charge in [0, 0.05) is 30.1 Å². The summed E-state index contributed by atoms with van der Waals surface area (Å²) in [5.41, 5.74) is 4.95. The number of fused-ring (bicyclic) bond motifs is 1. The molecule has 0 spiro atoms. The highest BCUT2D eigenvalue weighted by Crippen LogP contribution is 2.23. The number of amides is 1. The summed E-state index contributed by atoms with van der Waals surface area (Å²) < 4.78 is 7.53. The summed E-state index contributed by atoms with van der Waals surface area (Å²) >= 11 is 0. The van der Waals surface area contributed by atoms with E-state index in [-0.39, 0.29) is 5.91 Å². The molecule has 0 fully saturated rings. The average molecular weight is 372 g/mol. The first-order valence-corrected chi connectivity index (χ1v) is 9.60. The molecule has 28 heavy (non-hydrogen) atoms. The molecule has 4 nitrogen and oxygen atoms in total. The zero-order valence-corrected chi connectivity index (χ0v) is 16.0. The van der Waals surface area contributed by atoms with Crippen LogP contribution >= 0.6 is 0 Å². The maximum absolute atomic E-state index is 12.2. The Morgan fingerprint density at radius 3 is 2.64 bits per heavy atom. The molecule has 4 rings (SSSR count). The predicted octanol–water partition coefficient (Wildman–Crippen LogP) is 4.84. The molecule has 1 amide bonds. The van der Waals surface area contributed by atoms with Gasteiger partial charge in [0.15, 0.2) is 0 Å². The summed E-state index contributed by atoms with van der Waals surface area (Å²) in [6.07, 6.45) is 4.97. The van der Waals surface area contributed by atoms with Gasteiger partial charge in [-0.25, -0.2) is 0 Å². The Labute approximate surface area is 164 Å². The number of carbonyl (C=O) groups is 1. The number of nitrogens with one attached hydrogen (secondary N) is 1. The van der Waals surface area contributed by atoms with E-state index in [1.165, 1.54) is 27.6 Å². The van der Waals surface area contributed by atoms with Crippen molar-refractivity contribution < 1.29 is 9.21 Å². The summed E-state index contributed by atoms with van der Waals surface area (Å²) in [5, 5.41) is 4.13. The van der Waals surface area contributed by atoms with Gasteiger partial charge in [0.2, 0.25) is 5.91 Å². The van der Waals surface area contributed by atoms with Gasteiger partial charge in [-0.05, 0) is 42.7 Å². The molecule has 142 valence electrons. The smallest absolute Gasteiger partial charge is 0.220 e. The van der Waals surface area contributed by atoms with E-state index in [0.717, 1.165) is 12.3 Å². The molecule has 0 aliphatic rings. The molecule has 0 aliphatic carbocycles. The zero-order chi connectivity index (χ0) is 19.3. The number of aromatic nitrogens is 1. The van der Waals surface area contributed by atoms with Crippen molar-refractivity contribution >= 4 is 16.8 Å². The molecule has 2 heterocycles. The summed E-state index contributed by atoms with van der Waals surface area (Å²) in [4.78, 5) is 12.2. The number of hydrogen-bond acceptors (Lipinski definition) is 2. The molecule has 0 unspecified atom stereocenters. The van der Waals surface area contributed by atoms with E-state index in [0.29, 0.717) is 19.4 Å². The molecule has 2 aromatic carbocycles. The highest BCUT2D eigenvalue weighted by Gasteiger charge is 2.11. The largest absolute Gasteiger partial charge is 0.467 e. The molecule has 4 aromatic rings. The van der Waals surface area contributed by atoms with Gasteiger partial charge < -0.3 is 14.3 Å². The first kappa shape index (κ1) is 18.1. The number of benzene rings is 2. The average Bonchev–Trinajstić information content (AvgIpc) is 3.35. The van der Waals surface area contributed by atoms with Gasteiger partial charge in [0.25, 0.3) is 0 Å². The minimum absolute atomic E-state index is 0.0340. The first-order valence-electron chi connectivity index (χ1n) is 9.60. The van der Waals surface area contributed by atoms with Crippen molar-refractivity contribution in [3.8, 4) is 0 Å². The van der Waals surface area contributed by atoms with Crippen LogP contribution in [0.15, 0.2) is 77.5 Å². The van der Waals surface area contributed by atoms with Gasteiger partial charge in [-0.1, -0.05) is 48.0 Å². The molecule has 2 aromatic heterocycles. The van der Waals surface area contributed by atoms with E-state index in [9.17, 15) is 4.79 Å². The fourth-order valence-corrected chi connectivity index (χ4v) is 3.48. The van der Waals surface area contributed by atoms with Gasteiger partial charge in [0.1, 0.15) is 5.76 Å². The highest BCUT2D eigenvalue weighted by molar-refractivity contribution is 5.85. The minimum Gasteiger partial charge on any atom is -0.467 e. The summed E-state index contributed by atoms with van der Waals surface area (Å²) in [6.45, 7) is 3.36. The van der Waals surface area contributed by atoms with Crippen molar-refractivity contribution in [3.05, 3.63) is 95.6 Å². The number of rotatable bonds is 7. The fraction of sp³-hybridized carbons (Fsp3) is 0.208. The lowest BCUT2D eigenvalue weighted by Crippen LogP contribution is -2.22. The first-order chi connectivity index (χ1) is 13.7. The number of nitrogens with zero attached hydrogens (tertiary/aromatic N) is 1. The van der Waals surface area contributed by atoms with Crippen molar-refractivity contribution in [1.29, 1.82) is 0 Å². The third-order valence-electron chi connectivity index (χ3n) is 5.01. The van der Waals surface area contributed by atoms with Crippen molar-refractivity contribution in [2.24, 2.45) is 0 Å². The quantitative estimate of drug-likeness (QED) is 0.505. The molecular weight excluding hydrogens is 348 g/mol. The second kappa shape index (κ2) is 8.17. The number of furan rings is 1. The minimum atomic E-state index is 0.0340. The Kier molecular flexibility index (Phi) is 5.29. The molecule has 0 radical (unpaired) electrons. The second-order valence-electron chi connectivity index (χ2n) is 7.14. The lowest BCUT2D eigenvalue weighted by molar-refractivity contribution is -0.121. The van der Waals surface area contributed by atoms with Crippen LogP contribution in [0.25, 0.3) is 10.9 Å². The molecular formula is C24H24N2O2. The molecule has 0 saturated heterocycles. The monoisotopic (exact) mass is 372 g/mol. The van der Waals surface area contributed by atoms with Gasteiger partial charge in [-0.2, -0.15) is 0 Å². The fourth-order valence-electron chi connectivity index (χ4n) is 3.48. The molecule has 0 atom stereocenters. The highest BCUT2D eigenvalue weighted by atomic mass is 16.3. The predicted molar refractivity (Wildman–Crippen MR) is 111 cm³/mol. The van der Waals surface area contributed by atoms with Crippen LogP contribution in [0, 0.1) is 6.92 Å². The van der Waals surface area contributed by atoms with Crippen LogP contribution < -0.4 is 5.32 Å². The van der Waals surface area contributed by atoms with Gasteiger partial charge in [0.05, 0.1) is 12.8 Å². The Bertz CT molecular complexity index is 1060. The Morgan fingerprint density at radius 1 is 1.04 bits per heavy atom. The SMILES string of the molecule is Cc1ccc(Cn2cc(CCC(=O)NCc3ccco3)c3ccccc32)cc1. The van der Waals surface area contributed by atoms with E-state index in [1.54, 1.807) is 6.26 Å². The van der Waals surface area contributed by atoms with Crippen molar-refractivity contribution in [2.75, 3.05) is 0 Å². The van der Waals surface area contributed by atoms with Gasteiger partial charge in [-0.3, -0.25) is 4.79 Å². The van der Waals surface area contributed by atoms with Crippen LogP contribution in [0.5, 0.6) is 0 Å². The van der Waals surface area contributed by atoms with E-state index in [4.69, 9.17) is 4.42 Å². The van der Waals surface area contributed by atoms with Crippen LogP contribution in [0.3, 0.4) is 0 Å². The number of hydrogen-bond donors (Lipinski definition) is 1. The molecule has 0 aliphatic heterocycles. The van der Waals surface area contributed by atoms with E-state index in [1.807, 2.05) is 12.1 Å². The summed E-state index contributed by atoms with van der Waals surface area (Å²) in [7, 11) is 0. The zero-order valence-electron chi connectivity index (χ0n) is 16.0. The lowest BCUT2D eigenvalue weighted by Gasteiger charge is -2.06. The van der Waals surface area contributed by atoms with Crippen LogP contribution in [-0.2, 0) is 24.3 Å².